The van der Waals surface area contributed by atoms with Crippen LogP contribution in [0, 0.1) is 0 Å². The van der Waals surface area contributed by atoms with E-state index in [2.05, 4.69) is 0 Å². The molecule has 16 heavy (non-hydrogen) atoms. The van der Waals surface area contributed by atoms with Crippen molar-refractivity contribution in [2.45, 2.75) is 6.04 Å². The summed E-state index contributed by atoms with van der Waals surface area (Å²) in [5.41, 5.74) is 8.33. The van der Waals surface area contributed by atoms with Gasteiger partial charge in [0.15, 0.2) is 11.5 Å². The van der Waals surface area contributed by atoms with E-state index in [4.69, 9.17) is 21.1 Å². The van der Waals surface area contributed by atoms with E-state index in [9.17, 15) is 4.79 Å². The van der Waals surface area contributed by atoms with Crippen LogP contribution in [0.15, 0.2) is 18.2 Å². The summed E-state index contributed by atoms with van der Waals surface area (Å²) in [6, 6.07) is 4.33. The average Bonchev–Trinajstić information content (AvgIpc) is 2.36. The number of nitrogens with one attached hydrogen (secondary N) is 1. The lowest BCUT2D eigenvalue weighted by Gasteiger charge is -2.20. The van der Waals surface area contributed by atoms with Crippen LogP contribution in [0.2, 0.25) is 0 Å². The van der Waals surface area contributed by atoms with Crippen LogP contribution in [-0.2, 0) is 4.79 Å². The number of ether oxygens (including phenoxy) is 2. The number of hydrogen-bond acceptors (Lipinski definition) is 5. The molecule has 0 radical (unpaired) electrons. The predicted molar refractivity (Wildman–Crippen MR) is 56.7 cm³/mol. The summed E-state index contributed by atoms with van der Waals surface area (Å²) in [6.07, 6.45) is 0. The summed E-state index contributed by atoms with van der Waals surface area (Å²) >= 11 is 0. The highest BCUT2D eigenvalue weighted by Gasteiger charge is 2.18. The molecule has 0 aromatic heterocycles. The van der Waals surface area contributed by atoms with Crippen LogP contribution in [0.4, 0.5) is 0 Å². The summed E-state index contributed by atoms with van der Waals surface area (Å²) in [4.78, 5) is 11.2. The molecule has 86 valence electrons. The topological polar surface area (TPSA) is 99.6 Å². The molecule has 0 spiro atoms. The lowest BCUT2D eigenvalue weighted by Crippen LogP contribution is -2.38. The van der Waals surface area contributed by atoms with Gasteiger partial charge in [0.05, 0.1) is 0 Å². The Hall–Kier alpha value is -1.79. The van der Waals surface area contributed by atoms with Crippen molar-refractivity contribution >= 4 is 5.91 Å². The maximum Gasteiger partial charge on any atom is 0.255 e. The van der Waals surface area contributed by atoms with E-state index in [1.165, 1.54) is 0 Å². The van der Waals surface area contributed by atoms with Crippen molar-refractivity contribution < 1.29 is 14.3 Å². The molecule has 0 saturated carbocycles. The molecule has 6 heteroatoms. The molecule has 1 heterocycles. The van der Waals surface area contributed by atoms with Crippen molar-refractivity contribution in [2.75, 3.05) is 13.2 Å². The molecule has 1 aliphatic heterocycles. The highest BCUT2D eigenvalue weighted by Crippen LogP contribution is 2.32. The van der Waals surface area contributed by atoms with E-state index in [1.807, 2.05) is 5.43 Å². The third-order valence-corrected chi connectivity index (χ3v) is 2.35. The van der Waals surface area contributed by atoms with Crippen molar-refractivity contribution in [3.63, 3.8) is 0 Å². The van der Waals surface area contributed by atoms with E-state index in [-0.39, 0.29) is 0 Å². The average molecular weight is 223 g/mol. The van der Waals surface area contributed by atoms with Crippen LogP contribution in [0.25, 0.3) is 0 Å². The molecule has 6 nitrogen and oxygen atoms in total. The smallest absolute Gasteiger partial charge is 0.255 e. The lowest BCUT2D eigenvalue weighted by atomic mass is 10.1. The molecule has 1 aliphatic rings. The zero-order valence-corrected chi connectivity index (χ0v) is 8.60. The Labute approximate surface area is 92.5 Å². The van der Waals surface area contributed by atoms with E-state index in [1.54, 1.807) is 18.2 Å². The molecular weight excluding hydrogens is 210 g/mol. The summed E-state index contributed by atoms with van der Waals surface area (Å²) in [7, 11) is 0. The summed E-state index contributed by atoms with van der Waals surface area (Å²) in [5, 5.41) is 0. The van der Waals surface area contributed by atoms with Crippen LogP contribution in [0.5, 0.6) is 11.5 Å². The Balaban J connectivity index is 2.26. The maximum atomic E-state index is 11.2. The second-order valence-electron chi connectivity index (χ2n) is 3.39. The number of amides is 1. The zero-order chi connectivity index (χ0) is 11.5. The molecule has 2 rings (SSSR count). The first-order chi connectivity index (χ1) is 7.72. The summed E-state index contributed by atoms with van der Waals surface area (Å²) in [6.45, 7) is 1.02. The van der Waals surface area contributed by atoms with Gasteiger partial charge in [-0.05, 0) is 17.7 Å². The highest BCUT2D eigenvalue weighted by atomic mass is 16.6. The van der Waals surface area contributed by atoms with Crippen LogP contribution >= 0.6 is 0 Å². The van der Waals surface area contributed by atoms with Gasteiger partial charge in [-0.25, -0.2) is 5.84 Å². The van der Waals surface area contributed by atoms with Gasteiger partial charge in [-0.3, -0.25) is 10.2 Å². The minimum absolute atomic E-state index is 0.448. The second kappa shape index (κ2) is 4.38. The van der Waals surface area contributed by atoms with Crippen LogP contribution in [0.3, 0.4) is 0 Å². The van der Waals surface area contributed by atoms with Crippen molar-refractivity contribution in [3.05, 3.63) is 23.8 Å². The molecule has 1 aromatic rings. The van der Waals surface area contributed by atoms with Crippen molar-refractivity contribution in [2.24, 2.45) is 11.6 Å². The maximum absolute atomic E-state index is 11.2. The van der Waals surface area contributed by atoms with Gasteiger partial charge in [-0.15, -0.1) is 0 Å². The fourth-order valence-electron chi connectivity index (χ4n) is 1.49. The third kappa shape index (κ3) is 1.93. The quantitative estimate of drug-likeness (QED) is 0.355. The summed E-state index contributed by atoms with van der Waals surface area (Å²) in [5.74, 6) is 5.83. The van der Waals surface area contributed by atoms with E-state index in [0.29, 0.717) is 30.3 Å². The van der Waals surface area contributed by atoms with Crippen LogP contribution in [0.1, 0.15) is 11.6 Å². The SMILES string of the molecule is NNC(=O)C(N)c1ccc2c(c1)OCCO2. The Bertz CT molecular complexity index is 408. The van der Waals surface area contributed by atoms with Gasteiger partial charge in [-0.2, -0.15) is 0 Å². The Morgan fingerprint density at radius 3 is 2.69 bits per heavy atom. The number of hydrogen-bond donors (Lipinski definition) is 3. The zero-order valence-electron chi connectivity index (χ0n) is 8.60. The second-order valence-corrected chi connectivity index (χ2v) is 3.39. The standard InChI is InChI=1S/C10H13N3O3/c11-9(10(14)13-12)6-1-2-7-8(5-6)16-4-3-15-7/h1-2,5,9H,3-4,11-12H2,(H,13,14). The minimum atomic E-state index is -0.805. The fraction of sp³-hybridized carbons (Fsp3) is 0.300. The van der Waals surface area contributed by atoms with Gasteiger partial charge in [0.25, 0.3) is 5.91 Å². The van der Waals surface area contributed by atoms with Gasteiger partial charge >= 0.3 is 0 Å². The van der Waals surface area contributed by atoms with Gasteiger partial charge in [0.1, 0.15) is 19.3 Å². The molecule has 1 amide bonds. The Kier molecular flexibility index (Phi) is 2.93. The molecule has 0 bridgehead atoms. The fourth-order valence-corrected chi connectivity index (χ4v) is 1.49. The van der Waals surface area contributed by atoms with Gasteiger partial charge in [0.2, 0.25) is 0 Å². The number of fused-ring (bicyclic) bond motifs is 1. The van der Waals surface area contributed by atoms with Gasteiger partial charge in [-0.1, -0.05) is 6.07 Å². The number of rotatable bonds is 2. The third-order valence-electron chi connectivity index (χ3n) is 2.35. The van der Waals surface area contributed by atoms with Crippen LogP contribution < -0.4 is 26.5 Å². The molecule has 0 fully saturated rings. The molecular formula is C10H13N3O3. The Morgan fingerprint density at radius 2 is 2.00 bits per heavy atom. The number of hydrazine groups is 1. The lowest BCUT2D eigenvalue weighted by molar-refractivity contribution is -0.122. The number of nitrogens with two attached hydrogens (primary N) is 2. The van der Waals surface area contributed by atoms with Gasteiger partial charge < -0.3 is 15.2 Å². The van der Waals surface area contributed by atoms with Crippen molar-refractivity contribution in [3.8, 4) is 11.5 Å². The van der Waals surface area contributed by atoms with E-state index >= 15 is 0 Å². The number of carbonyl (C=O) groups is 1. The molecule has 1 atom stereocenters. The van der Waals surface area contributed by atoms with Crippen LogP contribution in [-0.4, -0.2) is 19.1 Å². The highest BCUT2D eigenvalue weighted by molar-refractivity contribution is 5.82. The first-order valence-corrected chi connectivity index (χ1v) is 4.88. The Morgan fingerprint density at radius 1 is 1.31 bits per heavy atom. The van der Waals surface area contributed by atoms with E-state index < -0.39 is 11.9 Å². The minimum Gasteiger partial charge on any atom is -0.486 e. The normalized spacial score (nSPS) is 15.4. The predicted octanol–water partition coefficient (Wildman–Crippen LogP) is -0.553. The van der Waals surface area contributed by atoms with E-state index in [0.717, 1.165) is 0 Å². The first kappa shape index (κ1) is 10.7. The first-order valence-electron chi connectivity index (χ1n) is 4.88. The molecule has 1 unspecified atom stereocenters. The molecule has 0 saturated heterocycles. The monoisotopic (exact) mass is 223 g/mol. The van der Waals surface area contributed by atoms with Crippen molar-refractivity contribution in [1.29, 1.82) is 0 Å². The van der Waals surface area contributed by atoms with Gasteiger partial charge in [0, 0.05) is 0 Å². The number of carbonyl (C=O) groups excluding carboxylic acids is 1. The summed E-state index contributed by atoms with van der Waals surface area (Å²) < 4.78 is 10.7. The molecule has 0 aliphatic carbocycles. The molecule has 1 aromatic carbocycles. The molecule has 5 N–H and O–H groups in total. The van der Waals surface area contributed by atoms with Crippen molar-refractivity contribution in [1.82, 2.24) is 5.43 Å². The largest absolute Gasteiger partial charge is 0.486 e. The number of benzene rings is 1.